The number of halogens is 8. The van der Waals surface area contributed by atoms with Crippen molar-refractivity contribution in [1.29, 1.82) is 0 Å². The molecule has 0 radical (unpaired) electrons. The van der Waals surface area contributed by atoms with Crippen molar-refractivity contribution in [1.82, 2.24) is 120 Å². The summed E-state index contributed by atoms with van der Waals surface area (Å²) < 4.78 is 67.4. The predicted molar refractivity (Wildman–Crippen MR) is 549 cm³/mol. The van der Waals surface area contributed by atoms with Crippen LogP contribution < -0.4 is 26.6 Å². The zero-order chi connectivity index (χ0) is 102. The Balaban J connectivity index is 0.000000181. The van der Waals surface area contributed by atoms with Crippen molar-refractivity contribution in [3.63, 3.8) is 0 Å². The second kappa shape index (κ2) is 53.9. The smallest absolute Gasteiger partial charge is 0.345 e. The van der Waals surface area contributed by atoms with E-state index >= 15 is 0 Å². The fourth-order valence-corrected chi connectivity index (χ4v) is 21.7. The number of nitrogens with zero attached hydrogens (tertiary/aromatic N) is 19. The maximum absolute atomic E-state index is 13.8. The van der Waals surface area contributed by atoms with Crippen LogP contribution in [-0.2, 0) is 6.18 Å². The number of piperazine rings is 4. The van der Waals surface area contributed by atoms with Gasteiger partial charge in [0, 0.05) is 258 Å². The molecule has 0 atom stereocenters. The summed E-state index contributed by atoms with van der Waals surface area (Å²) >= 11 is 18.4. The third-order valence-corrected chi connectivity index (χ3v) is 31.1. The average Bonchev–Trinajstić information content (AvgIpc) is 0.793. The number of aryl methyl sites for hydroxylation is 1. The number of pyridine rings is 5. The Labute approximate surface area is 846 Å². The molecule has 14 rings (SSSR count). The molecule has 0 aromatic carbocycles. The summed E-state index contributed by atoms with van der Waals surface area (Å²) in [6.07, 6.45) is 11.0. The molecule has 9 aliphatic rings. The lowest BCUT2D eigenvalue weighted by Crippen LogP contribution is -2.63. The highest BCUT2D eigenvalue weighted by molar-refractivity contribution is 6.34. The molecule has 14 heterocycles. The highest BCUT2D eigenvalue weighted by atomic mass is 35.5. The molecule has 37 heteroatoms. The Hall–Kier alpha value is -6.94. The SMILES string of the molecule is CC(C)N1CCC(CN(C)C)(NC(=O)c2ncccc2F)CC1.CCN1CCN(CC2(NC(=O)c3cc(Cl)cnc3C)CCN(C(C)C)CC2)CC1.CCN1CCN(CC2(NC(=O)c3ncc(F)cc3Cl)CCN(C(C)C)CC2)CC1.CCN1CCN(CC2(NC(=O)c3ncccc3C(F)(F)F)CCN(C(C)C)CC2)CC1.CCN1CCN(CC2(NC(=O)c3ncccc3Cl)CCN(C(C)C)CC2)CC1. The van der Waals surface area contributed by atoms with Gasteiger partial charge in [0.1, 0.15) is 22.9 Å². The standard InChI is InChI=1S/C22H36ClN5O.C22H34F3N5O.C21H33ClFN5O.C21H34ClN5O.C17H27FN4O/c1-5-26-10-12-27(13-11-26)16-22(6-8-28(9-7-22)17(2)3)25-21(29)20-14-19(23)15-24-18(20)4;1-4-28-12-14-29(15-13-28)16-21(7-10-30(11-8-21)17(2)3)27-20(31)19-18(22(23,24)25)6-5-9-26-19;1-4-26-9-11-27(12-10-26)15-21(5-7-28(8-6-21)16(2)3)25-20(29)19-18(22)13-17(23)14-24-19;1-4-25-12-14-26(15-13-25)16-21(7-10-27(11-8-21)17(2)3)24-20(28)19-18(22)6-5-9-23-19;1-13(2)22-10-7-17(8-11-22,12-21(3)4)20-16(23)15-14(18)6-5-9-19-15/h14-15,17H,5-13,16H2,1-4H3,(H,25,29);5-6,9,17H,4,7-8,10-16H2,1-3H3,(H,27,31);13-14,16H,4-12,15H2,1-3H3,(H,25,29);5-6,9,17H,4,7-8,10-16H2,1-3H3,(H,24,28);5-6,9,13H,7-8,10-12H2,1-4H3,(H,20,23). The van der Waals surface area contributed by atoms with E-state index in [0.29, 0.717) is 70.9 Å². The van der Waals surface area contributed by atoms with Gasteiger partial charge in [0.2, 0.25) is 0 Å². The second-order valence-electron chi connectivity index (χ2n) is 41.7. The molecule has 140 heavy (non-hydrogen) atoms. The molecule has 9 fully saturated rings. The van der Waals surface area contributed by atoms with E-state index in [1.807, 2.05) is 21.0 Å². The van der Waals surface area contributed by atoms with E-state index in [-0.39, 0.29) is 56.3 Å². The number of rotatable bonds is 29. The predicted octanol–water partition coefficient (Wildman–Crippen LogP) is 11.9. The van der Waals surface area contributed by atoms with Gasteiger partial charge in [-0.1, -0.05) is 62.5 Å². The number of likely N-dealkylation sites (tertiary alicyclic amines) is 5. The van der Waals surface area contributed by atoms with Gasteiger partial charge in [-0.15, -0.1) is 0 Å². The quantitative estimate of drug-likeness (QED) is 0.0279. The monoisotopic (exact) mass is 2020 g/mol. The van der Waals surface area contributed by atoms with Gasteiger partial charge in [0.25, 0.3) is 29.5 Å². The molecule has 5 aromatic rings. The first-order valence-corrected chi connectivity index (χ1v) is 52.6. The van der Waals surface area contributed by atoms with Gasteiger partial charge in [-0.25, -0.2) is 23.7 Å². The molecule has 782 valence electrons. The third kappa shape index (κ3) is 33.8. The Morgan fingerprint density at radius 1 is 0.364 bits per heavy atom. The van der Waals surface area contributed by atoms with E-state index in [2.05, 4.69) is 217 Å². The molecule has 5 N–H and O–H groups in total. The lowest BCUT2D eigenvalue weighted by atomic mass is 9.85. The van der Waals surface area contributed by atoms with Crippen molar-refractivity contribution in [2.24, 2.45) is 0 Å². The van der Waals surface area contributed by atoms with Crippen LogP contribution in [0.3, 0.4) is 0 Å². The van der Waals surface area contributed by atoms with Crippen molar-refractivity contribution in [3.8, 4) is 0 Å². The summed E-state index contributed by atoms with van der Waals surface area (Å²) in [5.74, 6) is -2.82. The third-order valence-electron chi connectivity index (χ3n) is 30.3. The van der Waals surface area contributed by atoms with E-state index in [1.54, 1.807) is 30.6 Å². The largest absolute Gasteiger partial charge is 0.418 e. The van der Waals surface area contributed by atoms with E-state index in [9.17, 15) is 45.9 Å². The number of alkyl halides is 3. The van der Waals surface area contributed by atoms with Gasteiger partial charge in [-0.2, -0.15) is 13.2 Å². The molecule has 0 saturated carbocycles. The molecular formula is C103H164Cl3F5N24O5. The molecular weight excluding hydrogens is 1850 g/mol. The highest BCUT2D eigenvalue weighted by Crippen LogP contribution is 2.36. The summed E-state index contributed by atoms with van der Waals surface area (Å²) in [6.45, 7) is 66.9. The van der Waals surface area contributed by atoms with E-state index in [0.717, 1.165) is 298 Å². The first kappa shape index (κ1) is 115. The number of amides is 5. The normalized spacial score (nSPS) is 21.0. The number of likely N-dealkylation sites (N-methyl/N-ethyl adjacent to an activating group) is 5. The van der Waals surface area contributed by atoms with Crippen LogP contribution in [-0.4, -0.2) is 424 Å². The van der Waals surface area contributed by atoms with Crippen molar-refractivity contribution in [2.75, 3.05) is 243 Å². The van der Waals surface area contributed by atoms with Crippen molar-refractivity contribution < 1.29 is 45.9 Å². The van der Waals surface area contributed by atoms with E-state index in [4.69, 9.17) is 34.8 Å². The summed E-state index contributed by atoms with van der Waals surface area (Å²) in [5, 5.41) is 17.1. The summed E-state index contributed by atoms with van der Waals surface area (Å²) in [4.78, 5) is 119. The number of nitrogens with one attached hydrogen (secondary N) is 5. The van der Waals surface area contributed by atoms with Crippen LogP contribution in [0, 0.1) is 18.6 Å². The lowest BCUT2D eigenvalue weighted by molar-refractivity contribution is -0.138. The van der Waals surface area contributed by atoms with Crippen LogP contribution in [0.2, 0.25) is 15.1 Å². The Kier molecular flexibility index (Phi) is 44.3. The van der Waals surface area contributed by atoms with Gasteiger partial charge in [-0.3, -0.25) is 53.5 Å². The molecule has 9 aliphatic heterocycles. The van der Waals surface area contributed by atoms with Crippen molar-refractivity contribution in [2.45, 2.75) is 232 Å². The Bertz CT molecular complexity index is 4660. The molecule has 5 aromatic heterocycles. The first-order chi connectivity index (χ1) is 66.5. The molecule has 29 nitrogen and oxygen atoms in total. The number of hydrogen-bond acceptors (Lipinski definition) is 24. The van der Waals surface area contributed by atoms with Crippen molar-refractivity contribution >= 4 is 64.3 Å². The van der Waals surface area contributed by atoms with E-state index < -0.39 is 46.4 Å². The molecule has 0 aliphatic carbocycles. The highest BCUT2D eigenvalue weighted by Gasteiger charge is 2.47. The lowest BCUT2D eigenvalue weighted by Gasteiger charge is -2.47. The van der Waals surface area contributed by atoms with Gasteiger partial charge >= 0.3 is 6.18 Å². The number of aromatic nitrogens is 5. The van der Waals surface area contributed by atoms with Crippen molar-refractivity contribution in [3.05, 3.63) is 146 Å². The molecule has 9 saturated heterocycles. The molecule has 0 unspecified atom stereocenters. The number of carbonyl (C=O) groups is 5. The zero-order valence-corrected chi connectivity index (χ0v) is 89.0. The minimum Gasteiger partial charge on any atom is -0.345 e. The van der Waals surface area contributed by atoms with Crippen LogP contribution in [0.5, 0.6) is 0 Å². The number of carbonyl (C=O) groups excluding carboxylic acids is 5. The average molecular weight is 2020 g/mol. The van der Waals surface area contributed by atoms with Crippen LogP contribution >= 0.6 is 34.8 Å². The minimum atomic E-state index is -4.62. The van der Waals surface area contributed by atoms with Gasteiger partial charge in [0.15, 0.2) is 11.5 Å². The minimum absolute atomic E-state index is 0.0498. The Morgan fingerprint density at radius 3 is 0.964 bits per heavy atom. The number of piperidine rings is 5. The summed E-state index contributed by atoms with van der Waals surface area (Å²) in [7, 11) is 3.98. The van der Waals surface area contributed by atoms with Gasteiger partial charge < -0.3 is 75.6 Å². The van der Waals surface area contributed by atoms with Crippen LogP contribution in [0.25, 0.3) is 0 Å². The zero-order valence-electron chi connectivity index (χ0n) is 86.8. The second-order valence-corrected chi connectivity index (χ2v) is 43.0. The van der Waals surface area contributed by atoms with Gasteiger partial charge in [-0.05, 0) is 229 Å². The fourth-order valence-electron chi connectivity index (χ4n) is 21.1. The summed E-state index contributed by atoms with van der Waals surface area (Å²) in [5.41, 5.74) is -1.59. The summed E-state index contributed by atoms with van der Waals surface area (Å²) in [6, 6.07) is 13.7. The molecule has 0 spiro atoms. The molecule has 5 amide bonds. The maximum Gasteiger partial charge on any atom is 0.418 e. The Morgan fingerprint density at radius 2 is 0.650 bits per heavy atom. The fraction of sp³-hybridized carbons (Fsp3) is 0.709. The van der Waals surface area contributed by atoms with Crippen LogP contribution in [0.15, 0.2) is 79.5 Å². The van der Waals surface area contributed by atoms with Crippen LogP contribution in [0.1, 0.15) is 225 Å². The first-order valence-electron chi connectivity index (χ1n) is 51.4. The van der Waals surface area contributed by atoms with Gasteiger partial charge in [0.05, 0.1) is 65.8 Å². The maximum atomic E-state index is 13.8. The number of hydrogen-bond donors (Lipinski definition) is 5. The van der Waals surface area contributed by atoms with Crippen LogP contribution in [0.4, 0.5) is 22.0 Å². The van der Waals surface area contributed by atoms with E-state index in [1.165, 1.54) is 30.6 Å². The molecule has 0 bridgehead atoms. The topological polar surface area (TPSA) is 255 Å².